The highest BCUT2D eigenvalue weighted by Crippen LogP contribution is 2.33. The van der Waals surface area contributed by atoms with Crippen molar-refractivity contribution in [3.63, 3.8) is 0 Å². The number of amides is 2. The topological polar surface area (TPSA) is 138 Å². The third-order valence-electron chi connectivity index (χ3n) is 6.12. The van der Waals surface area contributed by atoms with E-state index in [2.05, 4.69) is 27.0 Å². The van der Waals surface area contributed by atoms with Crippen LogP contribution in [0.4, 0.5) is 19.0 Å². The van der Waals surface area contributed by atoms with Gasteiger partial charge in [-0.05, 0) is 49.8 Å². The molecule has 3 aromatic heterocycles. The van der Waals surface area contributed by atoms with E-state index in [9.17, 15) is 22.8 Å². The smallest absolute Gasteiger partial charge is 0.383 e. The molecule has 0 spiro atoms. The molecule has 0 radical (unpaired) electrons. The van der Waals surface area contributed by atoms with E-state index in [0.717, 1.165) is 12.3 Å². The molecule has 194 valence electrons. The van der Waals surface area contributed by atoms with E-state index >= 15 is 0 Å². The van der Waals surface area contributed by atoms with Gasteiger partial charge in [-0.1, -0.05) is 5.92 Å². The van der Waals surface area contributed by atoms with Crippen molar-refractivity contribution in [2.45, 2.75) is 44.9 Å². The lowest BCUT2D eigenvalue weighted by Crippen LogP contribution is -2.31. The van der Waals surface area contributed by atoms with Crippen LogP contribution in [0.1, 0.15) is 53.8 Å². The maximum atomic E-state index is 13.0. The number of alkyl halides is 3. The molecule has 0 saturated carbocycles. The standard InChI is InChI=1S/C24H25F3N8O2/c1-2-4-19(36)33-9-3-5-17(7-10-33)35-22(28)20(23(29)37)21(32-35)16-12-31-34(14-16)13-15-6-8-30-18(11-15)24(25,26)27/h6,8,11-12,14,17H,3,5,7,9-10,13,28H2,1H3,(H2,29,37)/t17-/m0/s1. The number of halogens is 3. The molecule has 4 N–H and O–H groups in total. The highest BCUT2D eigenvalue weighted by atomic mass is 19.4. The number of carbonyl (C=O) groups excluding carboxylic acids is 2. The fourth-order valence-electron chi connectivity index (χ4n) is 4.37. The van der Waals surface area contributed by atoms with E-state index in [0.29, 0.717) is 43.5 Å². The third-order valence-corrected chi connectivity index (χ3v) is 6.12. The molecule has 2 amide bonds. The number of hydrogen-bond acceptors (Lipinski definition) is 6. The Kier molecular flexibility index (Phi) is 7.19. The molecular weight excluding hydrogens is 489 g/mol. The fourth-order valence-corrected chi connectivity index (χ4v) is 4.37. The Morgan fingerprint density at radius 2 is 2.03 bits per heavy atom. The van der Waals surface area contributed by atoms with Crippen molar-refractivity contribution in [2.24, 2.45) is 5.73 Å². The highest BCUT2D eigenvalue weighted by Gasteiger charge is 2.32. The van der Waals surface area contributed by atoms with Crippen molar-refractivity contribution in [3.05, 3.63) is 47.5 Å². The molecule has 37 heavy (non-hydrogen) atoms. The third kappa shape index (κ3) is 5.58. The largest absolute Gasteiger partial charge is 0.433 e. The van der Waals surface area contributed by atoms with E-state index in [1.54, 1.807) is 22.7 Å². The second-order valence-electron chi connectivity index (χ2n) is 8.64. The molecule has 13 heteroatoms. The van der Waals surface area contributed by atoms with Crippen LogP contribution < -0.4 is 11.5 Å². The number of rotatable bonds is 5. The Labute approximate surface area is 210 Å². The minimum Gasteiger partial charge on any atom is -0.383 e. The number of nitrogen functional groups attached to an aromatic ring is 1. The van der Waals surface area contributed by atoms with Crippen molar-refractivity contribution < 1.29 is 22.8 Å². The number of primary amides is 1. The fraction of sp³-hybridized carbons (Fsp3) is 0.375. The number of likely N-dealkylation sites (tertiary alicyclic amines) is 1. The summed E-state index contributed by atoms with van der Waals surface area (Å²) in [5.74, 6) is 4.27. The molecule has 0 aromatic carbocycles. The zero-order valence-corrected chi connectivity index (χ0v) is 20.0. The average Bonchev–Trinajstić information content (AvgIpc) is 3.34. The van der Waals surface area contributed by atoms with Crippen molar-refractivity contribution >= 4 is 17.6 Å². The van der Waals surface area contributed by atoms with Gasteiger partial charge in [-0.2, -0.15) is 23.4 Å². The van der Waals surface area contributed by atoms with Gasteiger partial charge in [0, 0.05) is 31.0 Å². The van der Waals surface area contributed by atoms with Crippen molar-refractivity contribution in [3.8, 4) is 23.1 Å². The molecule has 1 aliphatic rings. The molecule has 0 unspecified atom stereocenters. The van der Waals surface area contributed by atoms with E-state index in [1.807, 2.05) is 0 Å². The predicted molar refractivity (Wildman–Crippen MR) is 128 cm³/mol. The van der Waals surface area contributed by atoms with Crippen LogP contribution in [0.3, 0.4) is 0 Å². The number of pyridine rings is 1. The van der Waals surface area contributed by atoms with Gasteiger partial charge in [0.2, 0.25) is 0 Å². The Hall–Kier alpha value is -4.34. The van der Waals surface area contributed by atoms with E-state index in [4.69, 9.17) is 11.5 Å². The van der Waals surface area contributed by atoms with Crippen molar-refractivity contribution in [2.75, 3.05) is 18.8 Å². The summed E-state index contributed by atoms with van der Waals surface area (Å²) < 4.78 is 42.0. The molecule has 1 atom stereocenters. The zero-order valence-electron chi connectivity index (χ0n) is 20.0. The first-order chi connectivity index (χ1) is 17.6. The maximum absolute atomic E-state index is 13.0. The number of carbonyl (C=O) groups is 2. The molecule has 4 heterocycles. The lowest BCUT2D eigenvalue weighted by Gasteiger charge is -2.18. The molecule has 0 bridgehead atoms. The lowest BCUT2D eigenvalue weighted by atomic mass is 10.1. The van der Waals surface area contributed by atoms with Crippen LogP contribution in [-0.4, -0.2) is 54.3 Å². The second kappa shape index (κ2) is 10.3. The van der Waals surface area contributed by atoms with Crippen LogP contribution in [0, 0.1) is 11.8 Å². The molecule has 4 rings (SSSR count). The Morgan fingerprint density at radius 1 is 1.24 bits per heavy atom. The summed E-state index contributed by atoms with van der Waals surface area (Å²) in [6.07, 6.45) is 1.47. The van der Waals surface area contributed by atoms with Gasteiger partial charge in [0.15, 0.2) is 0 Å². The van der Waals surface area contributed by atoms with Gasteiger partial charge in [-0.3, -0.25) is 19.3 Å². The molecule has 1 fully saturated rings. The van der Waals surface area contributed by atoms with Crippen molar-refractivity contribution in [1.82, 2.24) is 29.4 Å². The number of anilines is 1. The van der Waals surface area contributed by atoms with Gasteiger partial charge in [-0.25, -0.2) is 4.68 Å². The summed E-state index contributed by atoms with van der Waals surface area (Å²) >= 11 is 0. The minimum atomic E-state index is -4.56. The van der Waals surface area contributed by atoms with Gasteiger partial charge in [-0.15, -0.1) is 0 Å². The quantitative estimate of drug-likeness (QED) is 0.502. The minimum absolute atomic E-state index is 0.0387. The van der Waals surface area contributed by atoms with Gasteiger partial charge < -0.3 is 16.4 Å². The summed E-state index contributed by atoms with van der Waals surface area (Å²) in [5, 5.41) is 8.80. The first-order valence-corrected chi connectivity index (χ1v) is 11.5. The Balaban J connectivity index is 1.59. The Bertz CT molecular complexity index is 1380. The van der Waals surface area contributed by atoms with Gasteiger partial charge >= 0.3 is 6.18 Å². The highest BCUT2D eigenvalue weighted by molar-refractivity contribution is 6.03. The second-order valence-corrected chi connectivity index (χ2v) is 8.64. The average molecular weight is 515 g/mol. The first-order valence-electron chi connectivity index (χ1n) is 11.5. The van der Waals surface area contributed by atoms with Crippen LogP contribution in [0.25, 0.3) is 11.3 Å². The number of nitrogens with zero attached hydrogens (tertiary/aromatic N) is 6. The Morgan fingerprint density at radius 3 is 2.73 bits per heavy atom. The SMILES string of the molecule is CC#CC(=O)N1CCC[C@H](n2nc(-c3cnn(Cc4ccnc(C(F)(F)F)c4)c3)c(C(N)=O)c2N)CC1. The van der Waals surface area contributed by atoms with Gasteiger partial charge in [0.1, 0.15) is 22.8 Å². The van der Waals surface area contributed by atoms with E-state index in [1.165, 1.54) is 16.9 Å². The van der Waals surface area contributed by atoms with Crippen LogP contribution in [0.5, 0.6) is 0 Å². The van der Waals surface area contributed by atoms with Gasteiger partial charge in [0.05, 0.1) is 18.8 Å². The number of nitrogens with two attached hydrogens (primary N) is 2. The monoisotopic (exact) mass is 514 g/mol. The summed E-state index contributed by atoms with van der Waals surface area (Å²) in [6, 6.07) is 2.24. The molecule has 1 saturated heterocycles. The summed E-state index contributed by atoms with van der Waals surface area (Å²) in [7, 11) is 0. The van der Waals surface area contributed by atoms with E-state index < -0.39 is 17.8 Å². The van der Waals surface area contributed by atoms with Gasteiger partial charge in [0.25, 0.3) is 11.8 Å². The normalized spacial score (nSPS) is 16.1. The summed E-state index contributed by atoms with van der Waals surface area (Å²) in [5.41, 5.74) is 12.0. The van der Waals surface area contributed by atoms with Crippen LogP contribution in [0.15, 0.2) is 30.7 Å². The van der Waals surface area contributed by atoms with E-state index in [-0.39, 0.29) is 35.6 Å². The number of aromatic nitrogens is 5. The molecule has 1 aliphatic heterocycles. The molecular formula is C24H25F3N8O2. The van der Waals surface area contributed by atoms with Crippen LogP contribution in [0.2, 0.25) is 0 Å². The summed E-state index contributed by atoms with van der Waals surface area (Å²) in [6.45, 7) is 2.66. The van der Waals surface area contributed by atoms with Crippen LogP contribution >= 0.6 is 0 Å². The van der Waals surface area contributed by atoms with Crippen LogP contribution in [-0.2, 0) is 17.5 Å². The zero-order chi connectivity index (χ0) is 26.7. The first kappa shape index (κ1) is 25.7. The summed E-state index contributed by atoms with van der Waals surface area (Å²) in [4.78, 5) is 29.5. The predicted octanol–water partition coefficient (Wildman–Crippen LogP) is 2.47. The maximum Gasteiger partial charge on any atom is 0.433 e. The number of hydrogen-bond donors (Lipinski definition) is 2. The molecule has 10 nitrogen and oxygen atoms in total. The lowest BCUT2D eigenvalue weighted by molar-refractivity contribution is -0.141. The molecule has 0 aliphatic carbocycles. The van der Waals surface area contributed by atoms with Crippen molar-refractivity contribution in [1.29, 1.82) is 0 Å². The molecule has 3 aromatic rings.